The van der Waals surface area contributed by atoms with Crippen LogP contribution in [0.3, 0.4) is 0 Å². The lowest BCUT2D eigenvalue weighted by atomic mass is 10.0. The van der Waals surface area contributed by atoms with Crippen molar-refractivity contribution in [1.82, 2.24) is 0 Å². The van der Waals surface area contributed by atoms with Gasteiger partial charge in [-0.3, -0.25) is 37.3 Å². The van der Waals surface area contributed by atoms with Crippen LogP contribution in [-0.4, -0.2) is 96.7 Å². The first-order valence-electron chi connectivity index (χ1n) is 43.1. The number of rotatable bonds is 81. The van der Waals surface area contributed by atoms with Crippen molar-refractivity contribution in [1.29, 1.82) is 0 Å². The monoisotopic (exact) mass is 1560 g/mol. The molecule has 0 aromatic heterocycles. The number of carbonyl (C=O) groups is 4. The number of hydrogen-bond acceptors (Lipinski definition) is 15. The molecule has 0 rings (SSSR count). The van der Waals surface area contributed by atoms with Crippen LogP contribution >= 0.6 is 15.6 Å². The highest BCUT2D eigenvalue weighted by molar-refractivity contribution is 7.47. The van der Waals surface area contributed by atoms with Crippen molar-refractivity contribution in [2.75, 3.05) is 39.6 Å². The van der Waals surface area contributed by atoms with E-state index in [1.54, 1.807) is 0 Å². The Hall–Kier alpha value is -4.28. The average Bonchev–Trinajstić information content (AvgIpc) is 0.923. The summed E-state index contributed by atoms with van der Waals surface area (Å²) in [6.45, 7) is 4.74. The first-order valence-corrected chi connectivity index (χ1v) is 46.1. The van der Waals surface area contributed by atoms with Crippen LogP contribution in [0.2, 0.25) is 0 Å². The predicted molar refractivity (Wildman–Crippen MR) is 445 cm³/mol. The molecule has 0 bridgehead atoms. The zero-order valence-corrected chi connectivity index (χ0v) is 70.3. The van der Waals surface area contributed by atoms with Crippen molar-refractivity contribution in [3.8, 4) is 0 Å². The lowest BCUT2D eigenvalue weighted by Gasteiger charge is -2.21. The quantitative estimate of drug-likeness (QED) is 0.0169. The van der Waals surface area contributed by atoms with Crippen molar-refractivity contribution in [3.63, 3.8) is 0 Å². The lowest BCUT2D eigenvalue weighted by molar-refractivity contribution is -0.161. The van der Waals surface area contributed by atoms with E-state index < -0.39 is 97.5 Å². The van der Waals surface area contributed by atoms with Gasteiger partial charge in [0.25, 0.3) is 0 Å². The van der Waals surface area contributed by atoms with E-state index in [1.165, 1.54) is 122 Å². The van der Waals surface area contributed by atoms with E-state index in [-0.39, 0.29) is 25.7 Å². The number of esters is 4. The fraction of sp³-hybridized carbons (Fsp3) is 0.753. The molecule has 0 aliphatic carbocycles. The number of carbonyl (C=O) groups excluding carboxylic acids is 4. The second-order valence-corrected chi connectivity index (χ2v) is 31.7. The third-order valence-corrected chi connectivity index (χ3v) is 20.1. The molecule has 0 aromatic carbocycles. The third-order valence-electron chi connectivity index (χ3n) is 18.2. The first-order chi connectivity index (χ1) is 52.7. The molecule has 0 fully saturated rings. The highest BCUT2D eigenvalue weighted by Crippen LogP contribution is 2.45. The molecule has 5 unspecified atom stereocenters. The molecule has 624 valence electrons. The molecule has 0 aliphatic heterocycles. The number of allylic oxidation sites excluding steroid dienone is 18. The fourth-order valence-electron chi connectivity index (χ4n) is 11.7. The van der Waals surface area contributed by atoms with Crippen molar-refractivity contribution < 1.29 is 80.2 Å². The summed E-state index contributed by atoms with van der Waals surface area (Å²) in [5.41, 5.74) is 0. The minimum Gasteiger partial charge on any atom is -0.462 e. The van der Waals surface area contributed by atoms with Gasteiger partial charge < -0.3 is 33.8 Å². The number of aliphatic hydroxyl groups is 1. The van der Waals surface area contributed by atoms with E-state index >= 15 is 0 Å². The summed E-state index contributed by atoms with van der Waals surface area (Å²) in [5.74, 6) is -2.21. The van der Waals surface area contributed by atoms with Gasteiger partial charge in [-0.05, 0) is 135 Å². The van der Waals surface area contributed by atoms with Crippen LogP contribution in [0.1, 0.15) is 374 Å². The molecular weight excluding hydrogens is 1400 g/mol. The maximum atomic E-state index is 13.1. The van der Waals surface area contributed by atoms with Gasteiger partial charge in [-0.1, -0.05) is 323 Å². The van der Waals surface area contributed by atoms with Gasteiger partial charge >= 0.3 is 39.5 Å². The van der Waals surface area contributed by atoms with Gasteiger partial charge in [-0.2, -0.15) is 0 Å². The fourth-order valence-corrected chi connectivity index (χ4v) is 13.2. The normalized spacial score (nSPS) is 14.3. The summed E-state index contributed by atoms with van der Waals surface area (Å²) >= 11 is 0. The lowest BCUT2D eigenvalue weighted by Crippen LogP contribution is -2.30. The van der Waals surface area contributed by atoms with Crippen molar-refractivity contribution in [3.05, 3.63) is 109 Å². The van der Waals surface area contributed by atoms with Gasteiger partial charge in [0.05, 0.1) is 26.4 Å². The number of unbranched alkanes of at least 4 members (excludes halogenated alkanes) is 37. The maximum Gasteiger partial charge on any atom is 0.472 e. The summed E-state index contributed by atoms with van der Waals surface area (Å²) in [7, 11) is -9.98. The summed E-state index contributed by atoms with van der Waals surface area (Å²) < 4.78 is 68.8. The minimum absolute atomic E-state index is 0.0820. The molecule has 0 heterocycles. The predicted octanol–water partition coefficient (Wildman–Crippen LogP) is 25.7. The first kappa shape index (κ1) is 104. The molecule has 0 amide bonds. The Labute approximate surface area is 658 Å². The topological polar surface area (TPSA) is 237 Å². The molecule has 108 heavy (non-hydrogen) atoms. The second-order valence-electron chi connectivity index (χ2n) is 28.7. The molecule has 0 spiro atoms. The zero-order valence-electron chi connectivity index (χ0n) is 68.5. The number of ether oxygens (including phenoxy) is 4. The third kappa shape index (κ3) is 79.8. The summed E-state index contributed by atoms with van der Waals surface area (Å²) in [6.07, 6.45) is 89.0. The van der Waals surface area contributed by atoms with Gasteiger partial charge in [0.1, 0.15) is 19.3 Å². The van der Waals surface area contributed by atoms with Crippen LogP contribution in [0.15, 0.2) is 109 Å². The van der Waals surface area contributed by atoms with Crippen LogP contribution in [-0.2, 0) is 65.4 Å². The molecule has 19 heteroatoms. The van der Waals surface area contributed by atoms with E-state index in [0.717, 1.165) is 173 Å². The summed E-state index contributed by atoms with van der Waals surface area (Å²) in [5, 5.41) is 10.7. The number of hydrogen-bond donors (Lipinski definition) is 3. The Morgan fingerprint density at radius 1 is 0.269 bits per heavy atom. The number of phosphoric acid groups is 2. The summed E-state index contributed by atoms with van der Waals surface area (Å²) in [6, 6.07) is 0. The summed E-state index contributed by atoms with van der Waals surface area (Å²) in [4.78, 5) is 73.3. The van der Waals surface area contributed by atoms with Crippen molar-refractivity contribution in [2.45, 2.75) is 393 Å². The van der Waals surface area contributed by atoms with E-state index in [0.29, 0.717) is 25.7 Å². The van der Waals surface area contributed by atoms with Gasteiger partial charge in [-0.25, -0.2) is 9.13 Å². The van der Waals surface area contributed by atoms with Gasteiger partial charge in [0.2, 0.25) is 0 Å². The highest BCUT2D eigenvalue weighted by Gasteiger charge is 2.30. The van der Waals surface area contributed by atoms with Gasteiger partial charge in [-0.15, -0.1) is 0 Å². The molecule has 0 saturated carbocycles. The van der Waals surface area contributed by atoms with E-state index in [2.05, 4.69) is 137 Å². The van der Waals surface area contributed by atoms with Crippen molar-refractivity contribution >= 4 is 39.5 Å². The molecule has 17 nitrogen and oxygen atoms in total. The largest absolute Gasteiger partial charge is 0.472 e. The van der Waals surface area contributed by atoms with Gasteiger partial charge in [0, 0.05) is 25.7 Å². The molecule has 0 radical (unpaired) electrons. The van der Waals surface area contributed by atoms with Gasteiger partial charge in [0.15, 0.2) is 12.2 Å². The standard InChI is InChI=1S/C89H156O17P2/c1-5-9-13-17-21-25-29-33-37-39-41-43-47-49-53-57-61-65-69-73-86(91)99-79-84(105-88(93)75-71-67-63-59-55-51-45-35-31-27-23-19-15-11-7-3)81-103-107(95,96)101-77-83(90)78-102-108(97,98)104-82-85(106-89(94)76-72-68-64-60-56-52-46-36-32-28-24-20-16-12-8-4)80-100-87(92)74-70-66-62-58-54-50-48-44-42-40-38-34-30-26-22-18-14-10-6-2/h9,13,21-22,25-26,33-34,36-38,41-44,46,49,53,83-85,90H,5-8,10-12,14-20,23-24,27-32,35,39-40,45,47-48,50-52,54-82H2,1-4H3,(H,95,96)(H,97,98)/b13-9-,25-21-,26-22-,37-33-,38-34-,43-41-,44-42-,46-36-,53-49-. The Morgan fingerprint density at radius 3 is 0.778 bits per heavy atom. The Kier molecular flexibility index (Phi) is 77.6. The maximum absolute atomic E-state index is 13.1. The second kappa shape index (κ2) is 80.8. The van der Waals surface area contributed by atoms with Crippen LogP contribution < -0.4 is 0 Å². The average molecular weight is 1560 g/mol. The Bertz CT molecular complexity index is 2470. The van der Waals surface area contributed by atoms with Crippen LogP contribution in [0.4, 0.5) is 0 Å². The van der Waals surface area contributed by atoms with E-state index in [1.807, 2.05) is 0 Å². The number of aliphatic hydroxyl groups excluding tert-OH is 1. The van der Waals surface area contributed by atoms with Crippen molar-refractivity contribution in [2.24, 2.45) is 0 Å². The van der Waals surface area contributed by atoms with Crippen LogP contribution in [0.25, 0.3) is 0 Å². The van der Waals surface area contributed by atoms with Crippen LogP contribution in [0, 0.1) is 0 Å². The number of phosphoric ester groups is 2. The Morgan fingerprint density at radius 2 is 0.481 bits per heavy atom. The molecule has 0 saturated heterocycles. The molecule has 0 aliphatic rings. The molecule has 0 aromatic rings. The zero-order chi connectivity index (χ0) is 78.9. The van der Waals surface area contributed by atoms with E-state index in [9.17, 15) is 43.2 Å². The SMILES string of the molecule is CC/C=C\C/C=C\C/C=C\C/C=C\C/C=C\CCCCCC(=O)OCC(COP(=O)(O)OCC(O)COP(=O)(O)OCC(COC(=O)CCCCCCCC/C=C\C/C=C\C/C=C\CCCCC)OC(=O)CCCCCCC/C=C\CCCCCCCC)OC(=O)CCCCCCCCCCCCCCCCC. The Balaban J connectivity index is 5.39. The van der Waals surface area contributed by atoms with E-state index in [4.69, 9.17) is 37.0 Å². The molecule has 5 atom stereocenters. The molecule has 3 N–H and O–H groups in total. The molecular formula is C89H156O17P2. The van der Waals surface area contributed by atoms with Crippen LogP contribution in [0.5, 0.6) is 0 Å². The smallest absolute Gasteiger partial charge is 0.462 e. The minimum atomic E-state index is -4.99. The highest BCUT2D eigenvalue weighted by atomic mass is 31.2.